The fraction of sp³-hybridized carbons (Fsp3) is 0.0492. The summed E-state index contributed by atoms with van der Waals surface area (Å²) >= 11 is 0. The molecule has 300 valence electrons. The van der Waals surface area contributed by atoms with E-state index in [1.54, 1.807) is 0 Å². The van der Waals surface area contributed by atoms with Crippen molar-refractivity contribution < 1.29 is 4.42 Å². The maximum atomic E-state index is 6.16. The number of hydrogen-bond acceptors (Lipinski definition) is 2. The molecule has 3 aromatic heterocycles. The van der Waals surface area contributed by atoms with Crippen molar-refractivity contribution in [1.82, 2.24) is 4.40 Å². The Bertz CT molecular complexity index is 4020. The minimum Gasteiger partial charge on any atom is -0.456 e. The molecule has 0 atom stereocenters. The van der Waals surface area contributed by atoms with Crippen LogP contribution in [0.3, 0.4) is 0 Å². The zero-order valence-electron chi connectivity index (χ0n) is 35.4. The molecule has 0 bridgehead atoms. The molecule has 0 aliphatic heterocycles. The van der Waals surface area contributed by atoms with Gasteiger partial charge in [-0.1, -0.05) is 147 Å². The fourth-order valence-corrected chi connectivity index (χ4v) is 11.2. The number of anilines is 3. The molecule has 0 spiro atoms. The van der Waals surface area contributed by atoms with Crippen LogP contribution in [0.4, 0.5) is 17.1 Å². The second-order valence-electron chi connectivity index (χ2n) is 18.1. The highest BCUT2D eigenvalue weighted by Gasteiger charge is 2.35. The predicted octanol–water partition coefficient (Wildman–Crippen LogP) is 17.0. The molecule has 0 saturated heterocycles. The monoisotopic (exact) mass is 816 g/mol. The van der Waals surface area contributed by atoms with E-state index in [0.29, 0.717) is 0 Å². The van der Waals surface area contributed by atoms with Crippen LogP contribution in [0, 0.1) is 0 Å². The number of para-hydroxylation sites is 2. The highest BCUT2D eigenvalue weighted by atomic mass is 16.3. The summed E-state index contributed by atoms with van der Waals surface area (Å²) in [6.07, 6.45) is 0. The summed E-state index contributed by atoms with van der Waals surface area (Å²) < 4.78 is 8.64. The smallest absolute Gasteiger partial charge is 0.135 e. The topological polar surface area (TPSA) is 20.8 Å². The van der Waals surface area contributed by atoms with Gasteiger partial charge >= 0.3 is 0 Å². The Hall–Kier alpha value is -8.14. The second kappa shape index (κ2) is 12.9. The van der Waals surface area contributed by atoms with E-state index in [4.69, 9.17) is 4.42 Å². The van der Waals surface area contributed by atoms with Gasteiger partial charge in [-0.25, -0.2) is 0 Å². The number of rotatable bonds is 5. The molecular formula is C61H40N2O. The van der Waals surface area contributed by atoms with Crippen molar-refractivity contribution in [3.63, 3.8) is 0 Å². The molecule has 1 aliphatic carbocycles. The van der Waals surface area contributed by atoms with E-state index in [1.807, 2.05) is 12.1 Å². The molecule has 0 amide bonds. The molecule has 3 heteroatoms. The first kappa shape index (κ1) is 35.5. The summed E-state index contributed by atoms with van der Waals surface area (Å²) in [6.45, 7) is 4.71. The van der Waals surface area contributed by atoms with Crippen molar-refractivity contribution in [2.24, 2.45) is 0 Å². The molecule has 0 N–H and O–H groups in total. The Kier molecular flexibility index (Phi) is 7.17. The van der Waals surface area contributed by atoms with E-state index in [1.165, 1.54) is 82.2 Å². The fourth-order valence-electron chi connectivity index (χ4n) is 11.2. The lowest BCUT2D eigenvalue weighted by Crippen LogP contribution is -2.16. The Morgan fingerprint density at radius 2 is 1.00 bits per heavy atom. The Labute approximate surface area is 370 Å². The van der Waals surface area contributed by atoms with Crippen molar-refractivity contribution in [3.8, 4) is 33.4 Å². The average Bonchev–Trinajstić information content (AvgIpc) is 3.97. The van der Waals surface area contributed by atoms with Crippen LogP contribution in [0.15, 0.2) is 211 Å². The Balaban J connectivity index is 0.887. The Morgan fingerprint density at radius 1 is 0.391 bits per heavy atom. The van der Waals surface area contributed by atoms with Crippen LogP contribution in [0.5, 0.6) is 0 Å². The lowest BCUT2D eigenvalue weighted by molar-refractivity contribution is 0.660. The van der Waals surface area contributed by atoms with E-state index >= 15 is 0 Å². The van der Waals surface area contributed by atoms with Gasteiger partial charge in [0.2, 0.25) is 0 Å². The van der Waals surface area contributed by atoms with E-state index < -0.39 is 0 Å². The van der Waals surface area contributed by atoms with Crippen LogP contribution in [-0.4, -0.2) is 4.40 Å². The second-order valence-corrected chi connectivity index (χ2v) is 18.1. The van der Waals surface area contributed by atoms with Crippen molar-refractivity contribution in [2.75, 3.05) is 4.90 Å². The third-order valence-electron chi connectivity index (χ3n) is 14.3. The van der Waals surface area contributed by atoms with Crippen LogP contribution in [0.2, 0.25) is 0 Å². The summed E-state index contributed by atoms with van der Waals surface area (Å²) in [5, 5.41) is 10.0. The molecule has 0 fully saturated rings. The number of pyridine rings is 1. The number of fused-ring (bicyclic) bond motifs is 12. The molecule has 0 radical (unpaired) electrons. The normalized spacial score (nSPS) is 13.3. The zero-order valence-corrected chi connectivity index (χ0v) is 35.4. The van der Waals surface area contributed by atoms with E-state index in [0.717, 1.165) is 50.1 Å². The molecule has 14 rings (SSSR count). The number of aromatic nitrogens is 1. The van der Waals surface area contributed by atoms with E-state index in [9.17, 15) is 0 Å². The maximum Gasteiger partial charge on any atom is 0.135 e. The molecular weight excluding hydrogens is 777 g/mol. The van der Waals surface area contributed by atoms with Gasteiger partial charge in [-0.05, 0) is 128 Å². The molecule has 0 unspecified atom stereocenters. The lowest BCUT2D eigenvalue weighted by Gasteiger charge is -2.28. The highest BCUT2D eigenvalue weighted by molar-refractivity contribution is 6.28. The van der Waals surface area contributed by atoms with Crippen LogP contribution >= 0.6 is 0 Å². The molecule has 0 saturated carbocycles. The van der Waals surface area contributed by atoms with Gasteiger partial charge in [-0.3, -0.25) is 0 Å². The number of nitrogens with zero attached hydrogens (tertiary/aromatic N) is 2. The standard InChI is InChI=1S/C61H40N2O/c1-61(2)53-15-6-3-11-45(53)46-31-29-44(36-54(46)61)62(43-27-20-38(21-28-43)41-24-33-58-52(35-41)48-13-5-8-17-57(48)64-58)42-25-18-37(19-26-42)40-23-32-56-51(34-40)50-30-22-39-10-9-14-49-47-12-4-7-16-55(47)63(56)60(50)59(39)49/h3-36H,1-2H3. The summed E-state index contributed by atoms with van der Waals surface area (Å²) in [5.41, 5.74) is 18.9. The molecule has 3 heterocycles. The third kappa shape index (κ3) is 4.92. The molecule has 1 aliphatic rings. The number of benzene rings is 10. The molecule has 64 heavy (non-hydrogen) atoms. The van der Waals surface area contributed by atoms with Crippen molar-refractivity contribution >= 4 is 87.9 Å². The van der Waals surface area contributed by atoms with Crippen molar-refractivity contribution in [1.29, 1.82) is 0 Å². The van der Waals surface area contributed by atoms with Gasteiger partial charge in [0.05, 0.1) is 16.6 Å². The van der Waals surface area contributed by atoms with Crippen molar-refractivity contribution in [3.05, 3.63) is 217 Å². The summed E-state index contributed by atoms with van der Waals surface area (Å²) in [7, 11) is 0. The van der Waals surface area contributed by atoms with Crippen LogP contribution < -0.4 is 4.90 Å². The maximum absolute atomic E-state index is 6.16. The summed E-state index contributed by atoms with van der Waals surface area (Å²) in [5.74, 6) is 0. The number of furan rings is 1. The third-order valence-corrected chi connectivity index (χ3v) is 14.3. The molecule has 3 nitrogen and oxygen atoms in total. The van der Waals surface area contributed by atoms with E-state index in [-0.39, 0.29) is 5.41 Å². The average molecular weight is 817 g/mol. The summed E-state index contributed by atoms with van der Waals surface area (Å²) in [6, 6.07) is 76.0. The molecule has 13 aromatic rings. The molecule has 10 aromatic carbocycles. The van der Waals surface area contributed by atoms with Crippen molar-refractivity contribution in [2.45, 2.75) is 19.3 Å². The number of hydrogen-bond donors (Lipinski definition) is 0. The van der Waals surface area contributed by atoms with Crippen LogP contribution in [0.25, 0.3) is 104 Å². The Morgan fingerprint density at radius 3 is 1.81 bits per heavy atom. The van der Waals surface area contributed by atoms with Crippen LogP contribution in [-0.2, 0) is 5.41 Å². The predicted molar refractivity (Wildman–Crippen MR) is 269 cm³/mol. The first-order chi connectivity index (χ1) is 31.5. The van der Waals surface area contributed by atoms with Gasteiger partial charge in [0.25, 0.3) is 0 Å². The van der Waals surface area contributed by atoms with Gasteiger partial charge in [0.1, 0.15) is 11.2 Å². The van der Waals surface area contributed by atoms with E-state index in [2.05, 4.69) is 217 Å². The largest absolute Gasteiger partial charge is 0.456 e. The zero-order chi connectivity index (χ0) is 42.3. The first-order valence-corrected chi connectivity index (χ1v) is 22.2. The quantitative estimate of drug-likeness (QED) is 0.127. The van der Waals surface area contributed by atoms with Gasteiger partial charge in [0.15, 0.2) is 0 Å². The summed E-state index contributed by atoms with van der Waals surface area (Å²) in [4.78, 5) is 2.41. The lowest BCUT2D eigenvalue weighted by atomic mass is 9.82. The van der Waals surface area contributed by atoms with Gasteiger partial charge < -0.3 is 13.7 Å². The highest BCUT2D eigenvalue weighted by Crippen LogP contribution is 2.51. The minimum atomic E-state index is -0.117. The van der Waals surface area contributed by atoms with Gasteiger partial charge in [-0.15, -0.1) is 0 Å². The SMILES string of the molecule is CC1(C)c2ccccc2-c2ccc(N(c3ccc(-c4ccc5oc6ccccc6c5c4)cc3)c3ccc(-c4ccc5c(c4)c4ccc6cccc7c8ccccc8n5c4c67)cc3)cc21. The van der Waals surface area contributed by atoms with Gasteiger partial charge in [0, 0.05) is 54.8 Å². The van der Waals surface area contributed by atoms with Crippen LogP contribution in [0.1, 0.15) is 25.0 Å². The minimum absolute atomic E-state index is 0.117. The first-order valence-electron chi connectivity index (χ1n) is 22.2. The van der Waals surface area contributed by atoms with Gasteiger partial charge in [-0.2, -0.15) is 0 Å².